The van der Waals surface area contributed by atoms with Crippen molar-refractivity contribution in [2.45, 2.75) is 84.6 Å². The molecule has 12 heteroatoms. The zero-order chi connectivity index (χ0) is 28.4. The van der Waals surface area contributed by atoms with E-state index in [1.54, 1.807) is 19.1 Å². The second kappa shape index (κ2) is 11.4. The number of rotatable bonds is 7. The van der Waals surface area contributed by atoms with E-state index in [1.165, 1.54) is 6.92 Å². The summed E-state index contributed by atoms with van der Waals surface area (Å²) in [6.45, 7) is 6.03. The summed E-state index contributed by atoms with van der Waals surface area (Å²) >= 11 is 0. The highest BCUT2D eigenvalue weighted by Gasteiger charge is 2.53. The first-order valence-corrected chi connectivity index (χ1v) is 12.5. The second-order valence-corrected chi connectivity index (χ2v) is 9.52. The highest BCUT2D eigenvalue weighted by Crippen LogP contribution is 2.38. The van der Waals surface area contributed by atoms with Crippen LogP contribution >= 0.6 is 0 Å². The first-order valence-electron chi connectivity index (χ1n) is 12.5. The van der Waals surface area contributed by atoms with Crippen molar-refractivity contribution in [3.8, 4) is 5.75 Å². The van der Waals surface area contributed by atoms with Crippen molar-refractivity contribution in [3.05, 3.63) is 39.2 Å². The smallest absolute Gasteiger partial charge is 0.339 e. The number of esters is 4. The van der Waals surface area contributed by atoms with Crippen LogP contribution in [0.15, 0.2) is 21.3 Å². The van der Waals surface area contributed by atoms with Crippen LogP contribution in [0.1, 0.15) is 50.8 Å². The zero-order valence-electron chi connectivity index (χ0n) is 22.3. The minimum absolute atomic E-state index is 0.285. The van der Waals surface area contributed by atoms with Crippen molar-refractivity contribution in [3.63, 3.8) is 0 Å². The number of carbonyl (C=O) groups is 4. The Kier molecular flexibility index (Phi) is 8.24. The molecule has 4 rings (SSSR count). The standard InChI is InChI=1S/C27H30O12/c1-12-9-19-22(17-7-6-8-18(17)26(32)37-19)20(10-12)38-27-25(36-16(5)31)24(35-15(4)30)23(34-14(3)29)21(39-27)11-33-13(2)28/h9-10,21,23-25,27H,6-8,11H2,1-5H3/t21-,23+,24+,25-,27-/m1/s1. The molecule has 0 N–H and O–H groups in total. The van der Waals surface area contributed by atoms with Crippen LogP contribution in [0.5, 0.6) is 5.75 Å². The third kappa shape index (κ3) is 6.22. The van der Waals surface area contributed by atoms with Crippen LogP contribution in [0.3, 0.4) is 0 Å². The number of aryl methyl sites for hydroxylation is 2. The molecule has 0 spiro atoms. The molecular weight excluding hydrogens is 516 g/mol. The molecule has 0 radical (unpaired) electrons. The Morgan fingerprint density at radius 2 is 1.46 bits per heavy atom. The van der Waals surface area contributed by atoms with Crippen LogP contribution in [-0.4, -0.2) is 61.2 Å². The molecule has 5 atom stereocenters. The lowest BCUT2D eigenvalue weighted by Gasteiger charge is -2.44. The van der Waals surface area contributed by atoms with Crippen LogP contribution in [0.2, 0.25) is 0 Å². The van der Waals surface area contributed by atoms with Gasteiger partial charge < -0.3 is 32.8 Å². The van der Waals surface area contributed by atoms with Crippen molar-refractivity contribution in [1.29, 1.82) is 0 Å². The van der Waals surface area contributed by atoms with E-state index in [0.717, 1.165) is 32.8 Å². The zero-order valence-corrected chi connectivity index (χ0v) is 22.3. The monoisotopic (exact) mass is 546 g/mol. The van der Waals surface area contributed by atoms with E-state index in [9.17, 15) is 24.0 Å². The van der Waals surface area contributed by atoms with Crippen LogP contribution in [0.4, 0.5) is 0 Å². The molecule has 2 aromatic rings. The quantitative estimate of drug-likeness (QED) is 0.284. The third-order valence-electron chi connectivity index (χ3n) is 6.37. The van der Waals surface area contributed by atoms with E-state index < -0.39 is 60.2 Å². The summed E-state index contributed by atoms with van der Waals surface area (Å²) in [5.41, 5.74) is 1.99. The molecule has 2 heterocycles. The van der Waals surface area contributed by atoms with Crippen molar-refractivity contribution < 1.29 is 52.0 Å². The molecule has 0 unspecified atom stereocenters. The van der Waals surface area contributed by atoms with Gasteiger partial charge in [0.05, 0.1) is 5.39 Å². The molecule has 12 nitrogen and oxygen atoms in total. The van der Waals surface area contributed by atoms with Crippen molar-refractivity contribution >= 4 is 34.8 Å². The lowest BCUT2D eigenvalue weighted by molar-refractivity contribution is -0.288. The third-order valence-corrected chi connectivity index (χ3v) is 6.37. The van der Waals surface area contributed by atoms with Crippen LogP contribution in [-0.2, 0) is 55.7 Å². The molecule has 1 aliphatic heterocycles. The van der Waals surface area contributed by atoms with Crippen LogP contribution in [0.25, 0.3) is 11.0 Å². The number of hydrogen-bond acceptors (Lipinski definition) is 12. The maximum Gasteiger partial charge on any atom is 0.339 e. The van der Waals surface area contributed by atoms with Gasteiger partial charge in [0.15, 0.2) is 12.2 Å². The van der Waals surface area contributed by atoms with Gasteiger partial charge in [-0.3, -0.25) is 19.2 Å². The van der Waals surface area contributed by atoms with Gasteiger partial charge in [0.25, 0.3) is 0 Å². The molecule has 39 heavy (non-hydrogen) atoms. The summed E-state index contributed by atoms with van der Waals surface area (Å²) in [4.78, 5) is 60.2. The molecule has 2 aliphatic rings. The molecular formula is C27H30O12. The van der Waals surface area contributed by atoms with E-state index in [4.69, 9.17) is 32.8 Å². The Hall–Kier alpha value is -3.93. The Morgan fingerprint density at radius 1 is 0.846 bits per heavy atom. The van der Waals surface area contributed by atoms with Crippen LogP contribution in [0, 0.1) is 6.92 Å². The largest absolute Gasteiger partial charge is 0.463 e. The molecule has 210 valence electrons. The number of ether oxygens (including phenoxy) is 6. The molecule has 0 bridgehead atoms. The topological polar surface area (TPSA) is 154 Å². The first kappa shape index (κ1) is 28.1. The maximum atomic E-state index is 12.5. The van der Waals surface area contributed by atoms with Gasteiger partial charge in [-0.15, -0.1) is 0 Å². The fourth-order valence-corrected chi connectivity index (χ4v) is 5.01. The first-order chi connectivity index (χ1) is 18.4. The van der Waals surface area contributed by atoms with Gasteiger partial charge in [-0.05, 0) is 49.4 Å². The Morgan fingerprint density at radius 3 is 2.10 bits per heavy atom. The average Bonchev–Trinajstić information content (AvgIpc) is 3.31. The Bertz CT molecular complexity index is 1360. The summed E-state index contributed by atoms with van der Waals surface area (Å²) in [5.74, 6) is -2.56. The van der Waals surface area contributed by atoms with Gasteiger partial charge in [-0.2, -0.15) is 0 Å². The SMILES string of the molecule is CC(=O)OC[C@H]1O[C@@H](Oc2cc(C)cc3oc(=O)c4c(c23)CCC4)[C@H](OC(C)=O)[C@@H](OC(C)=O)[C@H]1OC(C)=O. The lowest BCUT2D eigenvalue weighted by Crippen LogP contribution is -2.63. The van der Waals surface area contributed by atoms with Crippen molar-refractivity contribution in [1.82, 2.24) is 0 Å². The van der Waals surface area contributed by atoms with Crippen molar-refractivity contribution in [2.75, 3.05) is 6.61 Å². The normalized spacial score (nSPS) is 24.0. The predicted octanol–water partition coefficient (Wildman–Crippen LogP) is 2.05. The van der Waals surface area contributed by atoms with Crippen molar-refractivity contribution in [2.24, 2.45) is 0 Å². The lowest BCUT2D eigenvalue weighted by atomic mass is 9.98. The van der Waals surface area contributed by atoms with Gasteiger partial charge in [0.2, 0.25) is 12.4 Å². The predicted molar refractivity (Wildman–Crippen MR) is 132 cm³/mol. The van der Waals surface area contributed by atoms with Gasteiger partial charge in [0.1, 0.15) is 24.0 Å². The molecule has 0 saturated carbocycles. The number of carbonyl (C=O) groups excluding carboxylic acids is 4. The van der Waals surface area contributed by atoms with Gasteiger partial charge in [0, 0.05) is 33.3 Å². The molecule has 1 aliphatic carbocycles. The van der Waals surface area contributed by atoms with E-state index in [-0.39, 0.29) is 12.4 Å². The van der Waals surface area contributed by atoms with E-state index in [2.05, 4.69) is 0 Å². The molecule has 1 aromatic carbocycles. The van der Waals surface area contributed by atoms with E-state index in [0.29, 0.717) is 34.9 Å². The summed E-state index contributed by atoms with van der Waals surface area (Å²) in [6.07, 6.45) is -4.64. The number of hydrogen-bond donors (Lipinski definition) is 0. The number of fused-ring (bicyclic) bond motifs is 3. The van der Waals surface area contributed by atoms with Gasteiger partial charge in [-0.1, -0.05) is 0 Å². The minimum Gasteiger partial charge on any atom is -0.463 e. The minimum atomic E-state index is -1.40. The summed E-state index contributed by atoms with van der Waals surface area (Å²) < 4.78 is 39.4. The molecule has 1 saturated heterocycles. The highest BCUT2D eigenvalue weighted by atomic mass is 16.7. The van der Waals surface area contributed by atoms with Crippen LogP contribution < -0.4 is 10.4 Å². The molecule has 0 amide bonds. The molecule has 1 fully saturated rings. The van der Waals surface area contributed by atoms with E-state index in [1.807, 2.05) is 0 Å². The fourth-order valence-electron chi connectivity index (χ4n) is 5.01. The average molecular weight is 547 g/mol. The summed E-state index contributed by atoms with van der Waals surface area (Å²) in [5, 5.41) is 0.570. The van der Waals surface area contributed by atoms with E-state index >= 15 is 0 Å². The highest BCUT2D eigenvalue weighted by molar-refractivity contribution is 5.89. The van der Waals surface area contributed by atoms with Gasteiger partial charge in [-0.25, -0.2) is 4.79 Å². The maximum absolute atomic E-state index is 12.5. The fraction of sp³-hybridized carbons (Fsp3) is 0.519. The summed E-state index contributed by atoms with van der Waals surface area (Å²) in [7, 11) is 0. The van der Waals surface area contributed by atoms with Gasteiger partial charge >= 0.3 is 29.5 Å². The Balaban J connectivity index is 1.82. The Labute approximate surface area is 223 Å². The number of benzene rings is 1. The second-order valence-electron chi connectivity index (χ2n) is 9.52. The summed E-state index contributed by atoms with van der Waals surface area (Å²) in [6, 6.07) is 3.44. The molecule has 1 aromatic heterocycles.